The second-order valence-corrected chi connectivity index (χ2v) is 6.99. The molecule has 0 saturated heterocycles. The Hall–Kier alpha value is -2.20. The number of rotatable bonds is 3. The number of fused-ring (bicyclic) bond motifs is 1. The second kappa shape index (κ2) is 6.13. The third kappa shape index (κ3) is 2.99. The molecule has 0 spiro atoms. The predicted octanol–water partition coefficient (Wildman–Crippen LogP) is 4.19. The molecular weight excluding hydrogens is 302 g/mol. The molecule has 3 aromatic rings. The molecule has 0 N–H and O–H groups in total. The van der Waals surface area contributed by atoms with Gasteiger partial charge in [0.15, 0.2) is 0 Å². The first-order chi connectivity index (χ1) is 11.3. The number of para-hydroxylation sites is 1. The summed E-state index contributed by atoms with van der Waals surface area (Å²) in [6.07, 6.45) is 4.86. The van der Waals surface area contributed by atoms with Crippen LogP contribution in [0.3, 0.4) is 0 Å². The van der Waals surface area contributed by atoms with Crippen molar-refractivity contribution in [3.8, 4) is 0 Å². The van der Waals surface area contributed by atoms with E-state index in [4.69, 9.17) is 4.98 Å². The highest BCUT2D eigenvalue weighted by Crippen LogP contribution is 2.36. The standard InChI is InChI=1S/C19H19N3S/c1-14-13-23-19(21-14)17-9-16-6-2-3-7-18(16)22(12-17)11-15-5-4-8-20-10-15/h2-8,10,13,17H,9,11-12H2,1H3. The van der Waals surface area contributed by atoms with Gasteiger partial charge in [0.05, 0.1) is 5.01 Å². The first-order valence-corrected chi connectivity index (χ1v) is 8.81. The summed E-state index contributed by atoms with van der Waals surface area (Å²) in [6.45, 7) is 3.98. The average Bonchev–Trinajstić information content (AvgIpc) is 3.02. The maximum absolute atomic E-state index is 4.73. The molecule has 3 heterocycles. The van der Waals surface area contributed by atoms with Crippen molar-refractivity contribution in [3.63, 3.8) is 0 Å². The number of pyridine rings is 1. The summed E-state index contributed by atoms with van der Waals surface area (Å²) < 4.78 is 0. The van der Waals surface area contributed by atoms with Crippen molar-refractivity contribution in [1.82, 2.24) is 9.97 Å². The van der Waals surface area contributed by atoms with Gasteiger partial charge in [-0.15, -0.1) is 11.3 Å². The Morgan fingerprint density at radius 2 is 2.13 bits per heavy atom. The zero-order chi connectivity index (χ0) is 15.6. The highest BCUT2D eigenvalue weighted by Gasteiger charge is 2.27. The fourth-order valence-corrected chi connectivity index (χ4v) is 4.16. The lowest BCUT2D eigenvalue weighted by Gasteiger charge is -2.35. The molecule has 23 heavy (non-hydrogen) atoms. The maximum atomic E-state index is 4.73. The smallest absolute Gasteiger partial charge is 0.0980 e. The molecule has 0 bridgehead atoms. The number of aromatic nitrogens is 2. The van der Waals surface area contributed by atoms with Gasteiger partial charge < -0.3 is 4.90 Å². The van der Waals surface area contributed by atoms with Gasteiger partial charge in [-0.3, -0.25) is 4.98 Å². The lowest BCUT2D eigenvalue weighted by Crippen LogP contribution is -2.33. The Balaban J connectivity index is 1.66. The van der Waals surface area contributed by atoms with Crippen LogP contribution in [0.1, 0.15) is 27.7 Å². The van der Waals surface area contributed by atoms with Gasteiger partial charge in [0.25, 0.3) is 0 Å². The Morgan fingerprint density at radius 3 is 2.91 bits per heavy atom. The van der Waals surface area contributed by atoms with E-state index in [0.717, 1.165) is 25.2 Å². The number of hydrogen-bond acceptors (Lipinski definition) is 4. The number of hydrogen-bond donors (Lipinski definition) is 0. The largest absolute Gasteiger partial charge is 0.366 e. The monoisotopic (exact) mass is 321 g/mol. The van der Waals surface area contributed by atoms with Crippen LogP contribution in [0, 0.1) is 6.92 Å². The van der Waals surface area contributed by atoms with Gasteiger partial charge in [-0.1, -0.05) is 24.3 Å². The first kappa shape index (κ1) is 14.4. The number of nitrogens with zero attached hydrogens (tertiary/aromatic N) is 3. The van der Waals surface area contributed by atoms with E-state index in [2.05, 4.69) is 52.5 Å². The Kier molecular flexibility index (Phi) is 3.83. The van der Waals surface area contributed by atoms with E-state index in [1.807, 2.05) is 18.5 Å². The van der Waals surface area contributed by atoms with Crippen molar-refractivity contribution in [1.29, 1.82) is 0 Å². The quantitative estimate of drug-likeness (QED) is 0.724. The number of anilines is 1. The molecule has 0 saturated carbocycles. The van der Waals surface area contributed by atoms with E-state index in [9.17, 15) is 0 Å². The van der Waals surface area contributed by atoms with Gasteiger partial charge >= 0.3 is 0 Å². The van der Waals surface area contributed by atoms with Gasteiger partial charge in [0.1, 0.15) is 0 Å². The molecule has 0 amide bonds. The molecule has 1 unspecified atom stereocenters. The summed E-state index contributed by atoms with van der Waals surface area (Å²) in [7, 11) is 0. The lowest BCUT2D eigenvalue weighted by molar-refractivity contribution is 0.603. The van der Waals surface area contributed by atoms with Crippen LogP contribution >= 0.6 is 11.3 Å². The Labute approximate surface area is 140 Å². The first-order valence-electron chi connectivity index (χ1n) is 7.93. The van der Waals surface area contributed by atoms with Crippen LogP contribution in [-0.4, -0.2) is 16.5 Å². The summed E-state index contributed by atoms with van der Waals surface area (Å²) in [6, 6.07) is 12.9. The number of aryl methyl sites for hydroxylation is 1. The average molecular weight is 321 g/mol. The van der Waals surface area contributed by atoms with E-state index in [0.29, 0.717) is 5.92 Å². The minimum Gasteiger partial charge on any atom is -0.366 e. The van der Waals surface area contributed by atoms with Crippen LogP contribution in [-0.2, 0) is 13.0 Å². The fraction of sp³-hybridized carbons (Fsp3) is 0.263. The molecule has 4 heteroatoms. The predicted molar refractivity (Wildman–Crippen MR) is 95.0 cm³/mol. The zero-order valence-corrected chi connectivity index (χ0v) is 14.0. The van der Waals surface area contributed by atoms with Crippen LogP contribution < -0.4 is 4.90 Å². The molecule has 116 valence electrons. The highest BCUT2D eigenvalue weighted by atomic mass is 32.1. The molecule has 0 fully saturated rings. The summed E-state index contributed by atoms with van der Waals surface area (Å²) in [4.78, 5) is 11.4. The second-order valence-electron chi connectivity index (χ2n) is 6.10. The van der Waals surface area contributed by atoms with Gasteiger partial charge in [-0.05, 0) is 36.6 Å². The summed E-state index contributed by atoms with van der Waals surface area (Å²) in [5.74, 6) is 0.472. The van der Waals surface area contributed by atoms with E-state index in [1.54, 1.807) is 11.3 Å². The topological polar surface area (TPSA) is 29.0 Å². The van der Waals surface area contributed by atoms with Gasteiger partial charge in [-0.25, -0.2) is 4.98 Å². The molecule has 2 aromatic heterocycles. The maximum Gasteiger partial charge on any atom is 0.0980 e. The minimum absolute atomic E-state index is 0.472. The van der Waals surface area contributed by atoms with Crippen LogP contribution in [0.2, 0.25) is 0 Å². The van der Waals surface area contributed by atoms with E-state index in [1.165, 1.54) is 21.8 Å². The summed E-state index contributed by atoms with van der Waals surface area (Å²) >= 11 is 1.79. The van der Waals surface area contributed by atoms with Crippen LogP contribution in [0.5, 0.6) is 0 Å². The Bertz CT molecular complexity index is 797. The number of benzene rings is 1. The molecule has 1 atom stereocenters. The van der Waals surface area contributed by atoms with Crippen molar-refractivity contribution < 1.29 is 0 Å². The van der Waals surface area contributed by atoms with E-state index >= 15 is 0 Å². The molecule has 3 nitrogen and oxygen atoms in total. The van der Waals surface area contributed by atoms with Crippen molar-refractivity contribution in [2.45, 2.75) is 25.8 Å². The van der Waals surface area contributed by atoms with Gasteiger partial charge in [0, 0.05) is 48.2 Å². The Morgan fingerprint density at radius 1 is 1.22 bits per heavy atom. The summed E-state index contributed by atoms with van der Waals surface area (Å²) in [5.41, 5.74) is 5.14. The van der Waals surface area contributed by atoms with Gasteiger partial charge in [-0.2, -0.15) is 0 Å². The van der Waals surface area contributed by atoms with Gasteiger partial charge in [0.2, 0.25) is 0 Å². The zero-order valence-electron chi connectivity index (χ0n) is 13.1. The van der Waals surface area contributed by atoms with Crippen LogP contribution in [0.25, 0.3) is 0 Å². The van der Waals surface area contributed by atoms with E-state index < -0.39 is 0 Å². The normalized spacial score (nSPS) is 17.1. The molecule has 1 aliphatic rings. The molecule has 0 radical (unpaired) electrons. The fourth-order valence-electron chi connectivity index (χ4n) is 3.27. The minimum atomic E-state index is 0.472. The third-order valence-corrected chi connectivity index (χ3v) is 5.45. The van der Waals surface area contributed by atoms with Crippen molar-refractivity contribution in [3.05, 3.63) is 76.0 Å². The SMILES string of the molecule is Cc1csc(C2Cc3ccccc3N(Cc3cccnc3)C2)n1. The lowest BCUT2D eigenvalue weighted by atomic mass is 9.92. The van der Waals surface area contributed by atoms with Crippen LogP contribution in [0.4, 0.5) is 5.69 Å². The molecule has 1 aliphatic heterocycles. The van der Waals surface area contributed by atoms with Crippen molar-refractivity contribution in [2.24, 2.45) is 0 Å². The number of thiazole rings is 1. The molecule has 0 aliphatic carbocycles. The van der Waals surface area contributed by atoms with Crippen molar-refractivity contribution >= 4 is 17.0 Å². The van der Waals surface area contributed by atoms with Crippen molar-refractivity contribution in [2.75, 3.05) is 11.4 Å². The molecule has 1 aromatic carbocycles. The molecular formula is C19H19N3S. The third-order valence-electron chi connectivity index (χ3n) is 4.32. The van der Waals surface area contributed by atoms with Crippen LogP contribution in [0.15, 0.2) is 54.2 Å². The van der Waals surface area contributed by atoms with E-state index in [-0.39, 0.29) is 0 Å². The summed E-state index contributed by atoms with van der Waals surface area (Å²) in [5, 5.41) is 3.41. The highest BCUT2D eigenvalue weighted by molar-refractivity contribution is 7.09. The molecule has 4 rings (SSSR count).